The summed E-state index contributed by atoms with van der Waals surface area (Å²) in [5.41, 5.74) is 6.05. The molecule has 39 heavy (non-hydrogen) atoms. The van der Waals surface area contributed by atoms with E-state index in [1.54, 1.807) is 4.90 Å². The van der Waals surface area contributed by atoms with Gasteiger partial charge in [-0.05, 0) is 29.2 Å². The second-order valence-electron chi connectivity index (χ2n) is 10.9. The summed E-state index contributed by atoms with van der Waals surface area (Å²) in [5, 5.41) is 33.6. The lowest BCUT2D eigenvalue weighted by Crippen LogP contribution is -2.62. The lowest BCUT2D eigenvalue weighted by Gasteiger charge is -2.47. The number of Topliss-reactive ketones (excluding diaryl/α,β-unsaturated/α-hetero) is 1. The number of aliphatic hydroxyl groups excluding tert-OH is 1. The molecule has 5 rings (SSSR count). The molecule has 212 valence electrons. The van der Waals surface area contributed by atoms with E-state index in [0.29, 0.717) is 30.8 Å². The number of aromatic nitrogens is 4. The molecule has 4 aliphatic rings. The largest absolute Gasteiger partial charge is 0.477 e. The molecule has 0 saturated carbocycles. The van der Waals surface area contributed by atoms with Crippen LogP contribution >= 0.6 is 11.8 Å². The number of nitrogens with one attached hydrogen (secondary N) is 1. The summed E-state index contributed by atoms with van der Waals surface area (Å²) in [7, 11) is 0. The highest BCUT2D eigenvalue weighted by molar-refractivity contribution is 8.03. The fraction of sp³-hybridized carbons (Fsp3) is 0.708. The Balaban J connectivity index is 1.23. The van der Waals surface area contributed by atoms with E-state index in [-0.39, 0.29) is 72.0 Å². The van der Waals surface area contributed by atoms with Crippen LogP contribution in [0.4, 0.5) is 0 Å². The van der Waals surface area contributed by atoms with Crippen LogP contribution in [-0.2, 0) is 25.7 Å². The molecular formula is C24H34N8O6S. The molecule has 3 fully saturated rings. The number of carbonyl (C=O) groups is 4. The van der Waals surface area contributed by atoms with E-state index < -0.39 is 24.0 Å². The number of thioether (sulfide) groups is 1. The standard InChI is InChI=1S/C24H34N8O6S/c1-11(5-13(34)8-30-10-27-28-29-30)18-19-12(2)21(20(24(37)38)32(19)23(18)36)39-14-6-16(26-7-14)22(35)31-4-3-15(25)17(31)9-33/h10-12,14-19,26,33H,3-9,25H2,1-2H3,(H,37,38)/t11-,12+,14-,15?,16-,17?,18+,19+/m0/s1. The van der Waals surface area contributed by atoms with E-state index in [2.05, 4.69) is 20.8 Å². The van der Waals surface area contributed by atoms with Gasteiger partial charge in [0.25, 0.3) is 0 Å². The molecule has 14 nitrogen and oxygen atoms in total. The summed E-state index contributed by atoms with van der Waals surface area (Å²) in [4.78, 5) is 54.8. The summed E-state index contributed by atoms with van der Waals surface area (Å²) >= 11 is 1.42. The Morgan fingerprint density at radius 3 is 2.77 bits per heavy atom. The second-order valence-corrected chi connectivity index (χ2v) is 12.3. The highest BCUT2D eigenvalue weighted by Crippen LogP contribution is 2.53. The zero-order chi connectivity index (χ0) is 28.0. The molecule has 5 heterocycles. The average Bonchev–Trinajstić information content (AvgIpc) is 3.67. The Bertz CT molecular complexity index is 1180. The van der Waals surface area contributed by atoms with E-state index >= 15 is 0 Å². The molecule has 2 amide bonds. The average molecular weight is 563 g/mol. The zero-order valence-electron chi connectivity index (χ0n) is 21.8. The normalized spacial score (nSPS) is 32.9. The molecular weight excluding hydrogens is 528 g/mol. The number of aliphatic hydroxyl groups is 1. The van der Waals surface area contributed by atoms with Crippen molar-refractivity contribution in [3.05, 3.63) is 16.9 Å². The number of hydrogen-bond donors (Lipinski definition) is 4. The minimum Gasteiger partial charge on any atom is -0.477 e. The third-order valence-corrected chi connectivity index (χ3v) is 9.95. The summed E-state index contributed by atoms with van der Waals surface area (Å²) < 4.78 is 1.33. The van der Waals surface area contributed by atoms with Gasteiger partial charge in [-0.15, -0.1) is 16.9 Å². The van der Waals surface area contributed by atoms with Gasteiger partial charge < -0.3 is 31.1 Å². The lowest BCUT2D eigenvalue weighted by molar-refractivity contribution is -0.160. The van der Waals surface area contributed by atoms with Crippen LogP contribution < -0.4 is 11.1 Å². The number of likely N-dealkylation sites (tertiary alicyclic amines) is 1. The van der Waals surface area contributed by atoms with Crippen molar-refractivity contribution in [3.63, 3.8) is 0 Å². The number of aliphatic carboxylic acids is 1. The van der Waals surface area contributed by atoms with Crippen molar-refractivity contribution in [2.45, 2.75) is 69.1 Å². The van der Waals surface area contributed by atoms with Crippen molar-refractivity contribution >= 4 is 35.3 Å². The number of amides is 2. The number of tetrazole rings is 1. The van der Waals surface area contributed by atoms with Crippen LogP contribution in [0.3, 0.4) is 0 Å². The summed E-state index contributed by atoms with van der Waals surface area (Å²) in [5.74, 6) is -2.59. The number of carbonyl (C=O) groups excluding carboxylic acids is 3. The number of carboxylic acid groups (broad SMARTS) is 1. The maximum Gasteiger partial charge on any atom is 0.353 e. The first-order valence-electron chi connectivity index (χ1n) is 13.2. The quantitative estimate of drug-likeness (QED) is 0.239. The topological polar surface area (TPSA) is 197 Å². The highest BCUT2D eigenvalue weighted by atomic mass is 32.2. The lowest BCUT2D eigenvalue weighted by atomic mass is 9.73. The number of nitrogens with zero attached hydrogens (tertiary/aromatic N) is 6. The van der Waals surface area contributed by atoms with Gasteiger partial charge in [0.2, 0.25) is 11.8 Å². The Hall–Kier alpha value is -2.88. The third kappa shape index (κ3) is 4.96. The van der Waals surface area contributed by atoms with Gasteiger partial charge in [0.05, 0.1) is 30.7 Å². The monoisotopic (exact) mass is 562 g/mol. The Morgan fingerprint density at radius 2 is 2.10 bits per heavy atom. The van der Waals surface area contributed by atoms with Crippen molar-refractivity contribution in [3.8, 4) is 0 Å². The van der Waals surface area contributed by atoms with Crippen molar-refractivity contribution < 1.29 is 29.4 Å². The van der Waals surface area contributed by atoms with Gasteiger partial charge in [-0.2, -0.15) is 0 Å². The van der Waals surface area contributed by atoms with E-state index in [1.807, 2.05) is 13.8 Å². The fourth-order valence-electron chi connectivity index (χ4n) is 6.50. The van der Waals surface area contributed by atoms with E-state index in [9.17, 15) is 29.4 Å². The van der Waals surface area contributed by atoms with Crippen LogP contribution in [0.5, 0.6) is 0 Å². The molecule has 0 radical (unpaired) electrons. The summed E-state index contributed by atoms with van der Waals surface area (Å²) in [6, 6.07) is -1.41. The number of ketones is 1. The van der Waals surface area contributed by atoms with Gasteiger partial charge in [-0.3, -0.25) is 14.4 Å². The minimum atomic E-state index is -1.16. The predicted molar refractivity (Wildman–Crippen MR) is 138 cm³/mol. The maximum absolute atomic E-state index is 13.2. The van der Waals surface area contributed by atoms with Crippen LogP contribution in [0.2, 0.25) is 0 Å². The Morgan fingerprint density at radius 1 is 1.33 bits per heavy atom. The fourth-order valence-corrected chi connectivity index (χ4v) is 7.98. The first-order valence-corrected chi connectivity index (χ1v) is 14.1. The zero-order valence-corrected chi connectivity index (χ0v) is 22.7. The first-order chi connectivity index (χ1) is 18.6. The van der Waals surface area contributed by atoms with Gasteiger partial charge in [0.1, 0.15) is 18.6 Å². The maximum atomic E-state index is 13.2. The number of nitrogens with two attached hydrogens (primary N) is 1. The summed E-state index contributed by atoms with van der Waals surface area (Å²) in [6.45, 7) is 4.61. The molecule has 4 aliphatic heterocycles. The highest BCUT2D eigenvalue weighted by Gasteiger charge is 2.60. The Kier molecular flexibility index (Phi) is 7.77. The molecule has 8 atom stereocenters. The number of rotatable bonds is 10. The molecule has 5 N–H and O–H groups in total. The van der Waals surface area contributed by atoms with Crippen LogP contribution in [0.25, 0.3) is 0 Å². The molecule has 1 aromatic rings. The van der Waals surface area contributed by atoms with Crippen LogP contribution in [-0.4, -0.2) is 113 Å². The number of β-lactam (4-membered cyclic amide) rings is 1. The van der Waals surface area contributed by atoms with Gasteiger partial charge in [-0.1, -0.05) is 13.8 Å². The summed E-state index contributed by atoms with van der Waals surface area (Å²) in [6.07, 6.45) is 2.65. The number of fused-ring (bicyclic) bond motifs is 1. The Labute approximate surface area is 229 Å². The first kappa shape index (κ1) is 27.7. The van der Waals surface area contributed by atoms with Crippen molar-refractivity contribution in [1.82, 2.24) is 35.3 Å². The van der Waals surface area contributed by atoms with Crippen LogP contribution in [0, 0.1) is 17.8 Å². The van der Waals surface area contributed by atoms with Gasteiger partial charge in [0.15, 0.2) is 5.78 Å². The molecule has 3 saturated heterocycles. The molecule has 15 heteroatoms. The smallest absolute Gasteiger partial charge is 0.353 e. The van der Waals surface area contributed by atoms with Gasteiger partial charge in [-0.25, -0.2) is 9.48 Å². The van der Waals surface area contributed by atoms with Crippen molar-refractivity contribution in [2.75, 3.05) is 19.7 Å². The molecule has 1 aromatic heterocycles. The second kappa shape index (κ2) is 10.9. The number of hydrogen-bond acceptors (Lipinski definition) is 11. The van der Waals surface area contributed by atoms with Crippen LogP contribution in [0.15, 0.2) is 16.9 Å². The van der Waals surface area contributed by atoms with Gasteiger partial charge >= 0.3 is 5.97 Å². The van der Waals surface area contributed by atoms with Crippen LogP contribution in [0.1, 0.15) is 33.1 Å². The predicted octanol–water partition coefficient (Wildman–Crippen LogP) is -1.57. The minimum absolute atomic E-state index is 0.00611. The van der Waals surface area contributed by atoms with Crippen molar-refractivity contribution in [1.29, 1.82) is 0 Å². The van der Waals surface area contributed by atoms with Gasteiger partial charge in [0, 0.05) is 41.6 Å². The SMILES string of the molecule is C[C@@H](CC(=O)Cn1cnnn1)[C@H]1C(=O)N2C(C(=O)O)=C(S[C@@H]3CN[C@H](C(=O)N4CCC(N)C4CO)C3)[C@H](C)[C@H]12. The molecule has 0 aromatic carbocycles. The molecule has 2 unspecified atom stereocenters. The van der Waals surface area contributed by atoms with E-state index in [0.717, 1.165) is 0 Å². The van der Waals surface area contributed by atoms with Crippen molar-refractivity contribution in [2.24, 2.45) is 23.5 Å². The van der Waals surface area contributed by atoms with E-state index in [4.69, 9.17) is 5.73 Å². The molecule has 0 aliphatic carbocycles. The molecule has 0 spiro atoms. The third-order valence-electron chi connectivity index (χ3n) is 8.43. The molecule has 0 bridgehead atoms. The van der Waals surface area contributed by atoms with E-state index in [1.165, 1.54) is 27.7 Å². The number of carboxylic acids is 1.